The largest absolute Gasteiger partial charge is 0.463 e. The van der Waals surface area contributed by atoms with Gasteiger partial charge in [0.1, 0.15) is 5.69 Å². The summed E-state index contributed by atoms with van der Waals surface area (Å²) in [7, 11) is 0. The first-order valence-electron chi connectivity index (χ1n) is 8.40. The smallest absolute Gasteiger partial charge is 0.436 e. The Morgan fingerprint density at radius 2 is 1.54 bits per heavy atom. The first-order valence-corrected chi connectivity index (χ1v) is 8.40. The molecule has 9 heteroatoms. The van der Waals surface area contributed by atoms with E-state index in [2.05, 4.69) is 15.0 Å². The number of imide groups is 1. The van der Waals surface area contributed by atoms with Gasteiger partial charge in [0.2, 0.25) is 0 Å². The number of carboxylic acid groups (broad SMARTS) is 2. The molecular formula is C19H17N5O4. The van der Waals surface area contributed by atoms with E-state index < -0.39 is 12.2 Å². The van der Waals surface area contributed by atoms with Gasteiger partial charge in [-0.2, -0.15) is 0 Å². The molecule has 0 saturated heterocycles. The molecule has 0 aliphatic rings. The Kier molecular flexibility index (Phi) is 5.45. The average molecular weight is 379 g/mol. The molecule has 3 heterocycles. The van der Waals surface area contributed by atoms with Crippen LogP contribution in [0.25, 0.3) is 22.8 Å². The van der Waals surface area contributed by atoms with E-state index in [1.54, 1.807) is 49.5 Å². The third-order valence-corrected chi connectivity index (χ3v) is 3.89. The van der Waals surface area contributed by atoms with Crippen LogP contribution in [0.1, 0.15) is 6.92 Å². The maximum Gasteiger partial charge on any atom is 0.436 e. The van der Waals surface area contributed by atoms with Crippen molar-refractivity contribution in [3.63, 3.8) is 0 Å². The number of rotatable bonds is 5. The molecule has 0 aliphatic heterocycles. The molecule has 9 nitrogen and oxygen atoms in total. The van der Waals surface area contributed by atoms with Gasteiger partial charge in [0.25, 0.3) is 0 Å². The number of carbonyl (C=O) groups is 2. The lowest BCUT2D eigenvalue weighted by Gasteiger charge is -2.30. The summed E-state index contributed by atoms with van der Waals surface area (Å²) in [6.07, 6.45) is -0.0290. The summed E-state index contributed by atoms with van der Waals surface area (Å²) in [5, 5.41) is 20.0. The van der Waals surface area contributed by atoms with Crippen LogP contribution < -0.4 is 5.01 Å². The van der Waals surface area contributed by atoms with Gasteiger partial charge in [-0.1, -0.05) is 12.1 Å². The highest BCUT2D eigenvalue weighted by molar-refractivity contribution is 5.89. The molecule has 0 aliphatic carbocycles. The minimum absolute atomic E-state index is 0.0945. The quantitative estimate of drug-likeness (QED) is 0.645. The Bertz CT molecular complexity index is 982. The van der Waals surface area contributed by atoms with E-state index in [1.165, 1.54) is 6.20 Å². The zero-order valence-electron chi connectivity index (χ0n) is 14.9. The molecule has 2 amide bonds. The van der Waals surface area contributed by atoms with Crippen LogP contribution in [0.2, 0.25) is 0 Å². The summed E-state index contributed by atoms with van der Waals surface area (Å²) in [6, 6.07) is 14.0. The van der Waals surface area contributed by atoms with Gasteiger partial charge in [-0.3, -0.25) is 15.0 Å². The van der Waals surface area contributed by atoms with Gasteiger partial charge >= 0.3 is 12.2 Å². The molecular weight excluding hydrogens is 362 g/mol. The fraction of sp³-hybridized carbons (Fsp3) is 0.105. The Morgan fingerprint density at radius 3 is 2.18 bits per heavy atom. The van der Waals surface area contributed by atoms with Crippen molar-refractivity contribution >= 4 is 17.9 Å². The topological polar surface area (TPSA) is 120 Å². The molecule has 0 radical (unpaired) electrons. The van der Waals surface area contributed by atoms with E-state index in [0.717, 1.165) is 5.01 Å². The van der Waals surface area contributed by atoms with E-state index in [-0.39, 0.29) is 11.6 Å². The van der Waals surface area contributed by atoms with E-state index >= 15 is 0 Å². The zero-order chi connectivity index (χ0) is 20.1. The van der Waals surface area contributed by atoms with Crippen molar-refractivity contribution in [2.24, 2.45) is 0 Å². The zero-order valence-corrected chi connectivity index (χ0v) is 14.9. The Hall–Kier alpha value is -4.01. The van der Waals surface area contributed by atoms with Gasteiger partial charge < -0.3 is 10.2 Å². The summed E-state index contributed by atoms with van der Waals surface area (Å²) in [5.74, 6) is 0. The number of pyridine rings is 3. The summed E-state index contributed by atoms with van der Waals surface area (Å²) in [5.41, 5.74) is 2.42. The third kappa shape index (κ3) is 3.73. The monoisotopic (exact) mass is 379 g/mol. The van der Waals surface area contributed by atoms with Crippen molar-refractivity contribution in [1.29, 1.82) is 0 Å². The molecule has 3 aromatic heterocycles. The Morgan fingerprint density at radius 1 is 0.857 bits per heavy atom. The molecule has 3 rings (SSSR count). The van der Waals surface area contributed by atoms with Crippen molar-refractivity contribution in [3.8, 4) is 22.8 Å². The minimum atomic E-state index is -1.61. The number of hydrazine groups is 1. The Labute approximate surface area is 160 Å². The van der Waals surface area contributed by atoms with E-state index in [9.17, 15) is 19.8 Å². The summed E-state index contributed by atoms with van der Waals surface area (Å²) < 4.78 is 0. The highest BCUT2D eigenvalue weighted by Crippen LogP contribution is 2.29. The van der Waals surface area contributed by atoms with Crippen molar-refractivity contribution in [2.45, 2.75) is 6.92 Å². The number of hydrogen-bond acceptors (Lipinski definition) is 6. The van der Waals surface area contributed by atoms with Crippen molar-refractivity contribution in [1.82, 2.24) is 20.0 Å². The molecule has 0 spiro atoms. The standard InChI is InChI=1S/C19H17N5O4/c1-2-23(24(18(25)26)19(27)28)16-10-6-12-21-17(16)15-9-5-8-14(22-15)13-7-3-4-11-20-13/h3-12H,2H2,1H3,(H,25,26)(H,27,28). The first kappa shape index (κ1) is 18.8. The normalized spacial score (nSPS) is 10.3. The highest BCUT2D eigenvalue weighted by Gasteiger charge is 2.29. The van der Waals surface area contributed by atoms with Crippen LogP contribution in [-0.2, 0) is 0 Å². The predicted octanol–water partition coefficient (Wildman–Crippen LogP) is 3.60. The first-order chi connectivity index (χ1) is 13.5. The van der Waals surface area contributed by atoms with Crippen LogP contribution in [-0.4, -0.2) is 48.9 Å². The molecule has 0 unspecified atom stereocenters. The summed E-state index contributed by atoms with van der Waals surface area (Å²) in [4.78, 5) is 36.1. The van der Waals surface area contributed by atoms with Crippen molar-refractivity contribution in [3.05, 3.63) is 60.9 Å². The second-order valence-corrected chi connectivity index (χ2v) is 5.59. The maximum absolute atomic E-state index is 11.5. The predicted molar refractivity (Wildman–Crippen MR) is 102 cm³/mol. The number of amides is 2. The average Bonchev–Trinajstić information content (AvgIpc) is 2.72. The van der Waals surface area contributed by atoms with Gasteiger partial charge in [-0.05, 0) is 43.3 Å². The number of aromatic nitrogens is 3. The lowest BCUT2D eigenvalue weighted by Crippen LogP contribution is -2.49. The van der Waals surface area contributed by atoms with Gasteiger partial charge in [-0.15, -0.1) is 5.01 Å². The molecule has 0 aromatic carbocycles. The number of anilines is 1. The molecule has 142 valence electrons. The van der Waals surface area contributed by atoms with Crippen LogP contribution in [0.5, 0.6) is 0 Å². The van der Waals surface area contributed by atoms with Gasteiger partial charge in [-0.25, -0.2) is 14.6 Å². The summed E-state index contributed by atoms with van der Waals surface area (Å²) in [6.45, 7) is 1.74. The van der Waals surface area contributed by atoms with E-state index in [4.69, 9.17) is 0 Å². The molecule has 2 N–H and O–H groups in total. The van der Waals surface area contributed by atoms with Gasteiger partial charge in [0.05, 0.1) is 22.8 Å². The second kappa shape index (κ2) is 8.12. The number of hydrogen-bond donors (Lipinski definition) is 2. The molecule has 0 bridgehead atoms. The fourth-order valence-electron chi connectivity index (χ4n) is 2.73. The fourth-order valence-corrected chi connectivity index (χ4v) is 2.73. The third-order valence-electron chi connectivity index (χ3n) is 3.89. The molecule has 0 atom stereocenters. The van der Waals surface area contributed by atoms with Crippen LogP contribution in [0.15, 0.2) is 60.9 Å². The SMILES string of the molecule is CCN(c1cccnc1-c1cccc(-c2ccccn2)n1)N(C(=O)O)C(=O)O. The summed E-state index contributed by atoms with van der Waals surface area (Å²) >= 11 is 0. The minimum Gasteiger partial charge on any atom is -0.463 e. The number of nitrogens with zero attached hydrogens (tertiary/aromatic N) is 5. The molecule has 28 heavy (non-hydrogen) atoms. The highest BCUT2D eigenvalue weighted by atomic mass is 16.4. The van der Waals surface area contributed by atoms with Gasteiger partial charge in [0, 0.05) is 18.9 Å². The van der Waals surface area contributed by atoms with E-state index in [0.29, 0.717) is 28.5 Å². The molecule has 0 saturated carbocycles. The molecule has 3 aromatic rings. The maximum atomic E-state index is 11.5. The second-order valence-electron chi connectivity index (χ2n) is 5.59. The van der Waals surface area contributed by atoms with Crippen LogP contribution in [0, 0.1) is 0 Å². The van der Waals surface area contributed by atoms with Crippen LogP contribution >= 0.6 is 0 Å². The van der Waals surface area contributed by atoms with Crippen LogP contribution in [0.3, 0.4) is 0 Å². The van der Waals surface area contributed by atoms with Crippen LogP contribution in [0.4, 0.5) is 15.3 Å². The lowest BCUT2D eigenvalue weighted by molar-refractivity contribution is 0.118. The van der Waals surface area contributed by atoms with Gasteiger partial charge in [0.15, 0.2) is 0 Å². The van der Waals surface area contributed by atoms with Crippen molar-refractivity contribution < 1.29 is 19.8 Å². The Balaban J connectivity index is 2.10. The lowest BCUT2D eigenvalue weighted by atomic mass is 10.1. The molecule has 0 fully saturated rings. The van der Waals surface area contributed by atoms with E-state index in [1.807, 2.05) is 12.1 Å². The van der Waals surface area contributed by atoms with Crippen molar-refractivity contribution in [2.75, 3.05) is 11.6 Å².